The summed E-state index contributed by atoms with van der Waals surface area (Å²) in [6, 6.07) is 0. The van der Waals surface area contributed by atoms with Crippen LogP contribution in [0.5, 0.6) is 0 Å². The molecule has 1 spiro atoms. The number of fused-ring (bicyclic) bond motifs is 2. The fourth-order valence-corrected chi connectivity index (χ4v) is 10.9. The summed E-state index contributed by atoms with van der Waals surface area (Å²) in [6.45, 7) is 0.487. The topological polar surface area (TPSA) is 350 Å². The summed E-state index contributed by atoms with van der Waals surface area (Å²) in [5, 5.41) is 114. The standard InChI is InChI=1S/C37H59N3O18/c1-39-11-14-7-15(13-3-5-22(38)40-10-13)23-21(9-20-24(25(23)44)18(43)8-19(54-20)12-2-4-16(41)17(42)6-12)57-37(14)33(50)29(48)28(47)32(58-37)35(53)56-36-30(49)26(45)27(46)31(55-36)34(51)52/h12-17,19-33,36,39-42,44-50H,2-11,38H2,1H3,(H,51,52). The second kappa shape index (κ2) is 17.4. The van der Waals surface area contributed by atoms with Crippen molar-refractivity contribution >= 4 is 17.7 Å². The third kappa shape index (κ3) is 7.96. The van der Waals surface area contributed by atoms with Crippen molar-refractivity contribution in [2.24, 2.45) is 41.2 Å². The van der Waals surface area contributed by atoms with Crippen molar-refractivity contribution < 1.29 is 89.1 Å². The van der Waals surface area contributed by atoms with Crippen LogP contribution in [-0.2, 0) is 38.1 Å². The maximum absolute atomic E-state index is 14.0. The highest BCUT2D eigenvalue weighted by atomic mass is 16.8. The van der Waals surface area contributed by atoms with Gasteiger partial charge in [0.05, 0.1) is 48.7 Å². The first kappa shape index (κ1) is 44.0. The Labute approximate surface area is 333 Å². The molecule has 23 atom stereocenters. The van der Waals surface area contributed by atoms with E-state index < -0.39 is 133 Å². The zero-order valence-electron chi connectivity index (χ0n) is 32.1. The number of rotatable bonds is 7. The van der Waals surface area contributed by atoms with E-state index in [2.05, 4.69) is 10.6 Å². The molecule has 58 heavy (non-hydrogen) atoms. The predicted molar refractivity (Wildman–Crippen MR) is 190 cm³/mol. The molecular weight excluding hydrogens is 774 g/mol. The lowest BCUT2D eigenvalue weighted by atomic mass is 9.61. The SMILES string of the molecule is CNCC1CC(C2CCC(N)NC2)C2C(CC3OC(C4CCC(O)C(O)C4)CC(=O)C3C2O)OC12OC(C(=O)OC1OC(C(=O)O)C(O)C(O)C1O)C(O)C(O)C2O. The lowest BCUT2D eigenvalue weighted by Crippen LogP contribution is -2.71. The third-order valence-corrected chi connectivity index (χ3v) is 14.0. The van der Waals surface area contributed by atoms with Crippen LogP contribution in [0.25, 0.3) is 0 Å². The minimum Gasteiger partial charge on any atom is -0.479 e. The number of carbonyl (C=O) groups excluding carboxylic acids is 2. The summed E-state index contributed by atoms with van der Waals surface area (Å²) >= 11 is 0. The van der Waals surface area contributed by atoms with Crippen molar-refractivity contribution in [2.45, 2.75) is 155 Å². The van der Waals surface area contributed by atoms with Crippen molar-refractivity contribution in [1.29, 1.82) is 0 Å². The zero-order valence-corrected chi connectivity index (χ0v) is 32.1. The molecule has 0 amide bonds. The van der Waals surface area contributed by atoms with Gasteiger partial charge in [0.2, 0.25) is 12.1 Å². The number of hydrogen-bond acceptors (Lipinski definition) is 20. The minimum absolute atomic E-state index is 0.000538. The molecule has 0 bridgehead atoms. The fourth-order valence-electron chi connectivity index (χ4n) is 10.9. The molecule has 7 aliphatic rings. The quantitative estimate of drug-likeness (QED) is 0.106. The van der Waals surface area contributed by atoms with Crippen molar-refractivity contribution in [3.8, 4) is 0 Å². The molecule has 0 aromatic carbocycles. The van der Waals surface area contributed by atoms with Gasteiger partial charge in [0.15, 0.2) is 12.2 Å². The Hall–Kier alpha value is -2.03. The molecule has 0 aromatic heterocycles. The first-order valence-electron chi connectivity index (χ1n) is 20.4. The molecule has 5 heterocycles. The number of aliphatic hydroxyl groups is 9. The monoisotopic (exact) mass is 833 g/mol. The highest BCUT2D eigenvalue weighted by molar-refractivity contribution is 5.83. The van der Waals surface area contributed by atoms with Crippen LogP contribution in [0.3, 0.4) is 0 Å². The number of esters is 1. The number of carbonyl (C=O) groups is 3. The van der Waals surface area contributed by atoms with E-state index in [0.717, 1.165) is 0 Å². The van der Waals surface area contributed by atoms with Crippen molar-refractivity contribution in [3.63, 3.8) is 0 Å². The van der Waals surface area contributed by atoms with Gasteiger partial charge in [0.1, 0.15) is 42.4 Å². The van der Waals surface area contributed by atoms with Crippen LogP contribution in [0.1, 0.15) is 51.4 Å². The Morgan fingerprint density at radius 1 is 0.793 bits per heavy atom. The molecule has 2 saturated carbocycles. The maximum Gasteiger partial charge on any atom is 0.340 e. The molecule has 5 saturated heterocycles. The van der Waals surface area contributed by atoms with Gasteiger partial charge in [-0.15, -0.1) is 0 Å². The minimum atomic E-state index is -2.32. The van der Waals surface area contributed by atoms with E-state index in [1.807, 2.05) is 0 Å². The van der Waals surface area contributed by atoms with Gasteiger partial charge in [-0.25, -0.2) is 9.59 Å². The number of nitrogens with two attached hydrogens (primary N) is 1. The van der Waals surface area contributed by atoms with Gasteiger partial charge in [-0.2, -0.15) is 0 Å². The number of carboxylic acids is 1. The maximum atomic E-state index is 14.0. The number of Topliss-reactive ketones (excluding diaryl/α,β-unsaturated/α-hetero) is 1. The number of hydrogen-bond donors (Lipinski definition) is 13. The van der Waals surface area contributed by atoms with Crippen LogP contribution in [-0.4, -0.2) is 193 Å². The van der Waals surface area contributed by atoms with Gasteiger partial charge in [0, 0.05) is 31.2 Å². The van der Waals surface area contributed by atoms with E-state index in [1.54, 1.807) is 7.05 Å². The van der Waals surface area contributed by atoms with Gasteiger partial charge < -0.3 is 91.1 Å². The third-order valence-electron chi connectivity index (χ3n) is 14.0. The molecule has 5 aliphatic heterocycles. The zero-order chi connectivity index (χ0) is 42.0. The van der Waals surface area contributed by atoms with Crippen molar-refractivity contribution in [2.75, 3.05) is 20.1 Å². The lowest BCUT2D eigenvalue weighted by Gasteiger charge is -2.54. The second-order valence-corrected chi connectivity index (χ2v) is 17.4. The number of aliphatic hydroxyl groups excluding tert-OH is 9. The number of carboxylic acid groups (broad SMARTS) is 1. The highest BCUT2D eigenvalue weighted by Crippen LogP contribution is 2.54. The summed E-state index contributed by atoms with van der Waals surface area (Å²) in [5.74, 6) is -9.22. The van der Waals surface area contributed by atoms with Crippen LogP contribution >= 0.6 is 0 Å². The molecule has 2 aliphatic carbocycles. The molecule has 21 heteroatoms. The first-order chi connectivity index (χ1) is 27.5. The smallest absolute Gasteiger partial charge is 0.340 e. The summed E-state index contributed by atoms with van der Waals surface area (Å²) in [4.78, 5) is 39.6. The number of ether oxygens (including phenoxy) is 5. The number of ketones is 1. The van der Waals surface area contributed by atoms with Crippen LogP contribution in [0.4, 0.5) is 0 Å². The Morgan fingerprint density at radius 2 is 1.50 bits per heavy atom. The van der Waals surface area contributed by atoms with E-state index in [0.29, 0.717) is 32.2 Å². The number of nitrogens with one attached hydrogen (secondary N) is 2. The normalized spacial score (nSPS) is 52.6. The average molecular weight is 834 g/mol. The largest absolute Gasteiger partial charge is 0.479 e. The molecule has 7 rings (SSSR count). The molecule has 0 aromatic rings. The van der Waals surface area contributed by atoms with Crippen LogP contribution in [0, 0.1) is 35.5 Å². The second-order valence-electron chi connectivity index (χ2n) is 17.4. The van der Waals surface area contributed by atoms with Gasteiger partial charge in [-0.1, -0.05) is 0 Å². The van der Waals surface area contributed by atoms with E-state index in [1.165, 1.54) is 0 Å². The molecule has 21 nitrogen and oxygen atoms in total. The van der Waals surface area contributed by atoms with Gasteiger partial charge >= 0.3 is 11.9 Å². The van der Waals surface area contributed by atoms with Crippen LogP contribution in [0.15, 0.2) is 0 Å². The Balaban J connectivity index is 1.22. The molecule has 330 valence electrons. The molecule has 23 unspecified atom stereocenters. The van der Waals surface area contributed by atoms with Crippen molar-refractivity contribution in [1.82, 2.24) is 10.6 Å². The van der Waals surface area contributed by atoms with Crippen LogP contribution < -0.4 is 16.4 Å². The van der Waals surface area contributed by atoms with Gasteiger partial charge in [0.25, 0.3) is 0 Å². The molecule has 7 fully saturated rings. The Bertz CT molecular complexity index is 1490. The Kier molecular flexibility index (Phi) is 13.2. The van der Waals surface area contributed by atoms with Crippen LogP contribution in [0.2, 0.25) is 0 Å². The Morgan fingerprint density at radius 3 is 2.16 bits per heavy atom. The molecular formula is C37H59N3O18. The van der Waals surface area contributed by atoms with Crippen molar-refractivity contribution in [3.05, 3.63) is 0 Å². The van der Waals surface area contributed by atoms with E-state index in [9.17, 15) is 65.4 Å². The summed E-state index contributed by atoms with van der Waals surface area (Å²) < 4.78 is 30.0. The highest BCUT2D eigenvalue weighted by Gasteiger charge is 2.66. The van der Waals surface area contributed by atoms with E-state index in [-0.39, 0.29) is 56.0 Å². The summed E-state index contributed by atoms with van der Waals surface area (Å²) in [7, 11) is 1.62. The first-order valence-corrected chi connectivity index (χ1v) is 20.4. The molecule has 14 N–H and O–H groups in total. The number of piperidine rings is 1. The predicted octanol–water partition coefficient (Wildman–Crippen LogP) is -5.63. The average Bonchev–Trinajstić information content (AvgIpc) is 3.31. The van der Waals surface area contributed by atoms with Gasteiger partial charge in [-0.3, -0.25) is 4.79 Å². The van der Waals surface area contributed by atoms with Gasteiger partial charge in [-0.05, 0) is 69.9 Å². The molecule has 0 radical (unpaired) electrons. The number of aliphatic carboxylic acids is 1. The lowest BCUT2D eigenvalue weighted by molar-refractivity contribution is -0.391. The summed E-state index contributed by atoms with van der Waals surface area (Å²) in [6.07, 6.45) is -22.8. The fraction of sp³-hybridized carbons (Fsp3) is 0.919. The van der Waals surface area contributed by atoms with E-state index in [4.69, 9.17) is 29.4 Å². The summed E-state index contributed by atoms with van der Waals surface area (Å²) in [5.41, 5.74) is 6.19. The van der Waals surface area contributed by atoms with E-state index >= 15 is 0 Å².